The molecule has 0 spiro atoms. The molecule has 0 atom stereocenters. The number of halogens is 1. The highest BCUT2D eigenvalue weighted by molar-refractivity contribution is 7.18. The first-order valence-corrected chi connectivity index (χ1v) is 9.67. The van der Waals surface area contributed by atoms with Gasteiger partial charge in [-0.15, -0.1) is 0 Å². The molecule has 0 saturated carbocycles. The average Bonchev–Trinajstić information content (AvgIpc) is 3.05. The molecule has 0 aliphatic rings. The summed E-state index contributed by atoms with van der Waals surface area (Å²) in [5, 5.41) is 7.12. The highest BCUT2D eigenvalue weighted by atomic mass is 127. The number of anilines is 1. The number of para-hydroxylation sites is 1. The summed E-state index contributed by atoms with van der Waals surface area (Å²) >= 11 is 1.83. The number of hydrogen-bond acceptors (Lipinski definition) is 2. The largest absolute Gasteiger partial charge is 1.00 e. The Kier molecular flexibility index (Phi) is 6.63. The van der Waals surface area contributed by atoms with Crippen molar-refractivity contribution in [1.29, 1.82) is 0 Å². The molecule has 4 aromatic rings. The maximum absolute atomic E-state index is 3.34. The Morgan fingerprint density at radius 2 is 1.70 bits per heavy atom. The van der Waals surface area contributed by atoms with Gasteiger partial charge in [-0.2, -0.15) is 4.57 Å². The molecule has 0 unspecified atom stereocenters. The molecule has 0 radical (unpaired) electrons. The van der Waals surface area contributed by atoms with E-state index in [9.17, 15) is 0 Å². The Bertz CT molecular complexity index is 1110. The second-order valence-corrected chi connectivity index (χ2v) is 7.14. The summed E-state index contributed by atoms with van der Waals surface area (Å²) < 4.78 is 3.67. The molecule has 0 bridgehead atoms. The van der Waals surface area contributed by atoms with Gasteiger partial charge in [-0.3, -0.25) is 0 Å². The minimum absolute atomic E-state index is 0. The summed E-state index contributed by atoms with van der Waals surface area (Å²) in [5.41, 5.74) is 2.40. The third-order valence-corrected chi connectivity index (χ3v) is 5.53. The highest BCUT2D eigenvalue weighted by Gasteiger charge is 2.15. The van der Waals surface area contributed by atoms with Crippen LogP contribution in [-0.2, 0) is 6.54 Å². The van der Waals surface area contributed by atoms with E-state index < -0.39 is 0 Å². The van der Waals surface area contributed by atoms with Crippen molar-refractivity contribution in [3.63, 3.8) is 0 Å². The molecule has 0 saturated heterocycles. The molecule has 4 rings (SSSR count). The summed E-state index contributed by atoms with van der Waals surface area (Å²) in [6.07, 6.45) is 8.28. The van der Waals surface area contributed by atoms with E-state index in [1.54, 1.807) is 0 Å². The van der Waals surface area contributed by atoms with Crippen LogP contribution in [0, 0.1) is 0 Å². The monoisotopic (exact) mass is 484 g/mol. The van der Waals surface area contributed by atoms with Gasteiger partial charge in [0.15, 0.2) is 0 Å². The molecule has 4 heteroatoms. The van der Waals surface area contributed by atoms with E-state index in [0.717, 1.165) is 12.2 Å². The highest BCUT2D eigenvalue weighted by Crippen LogP contribution is 2.21. The summed E-state index contributed by atoms with van der Waals surface area (Å²) in [5.74, 6) is 0. The van der Waals surface area contributed by atoms with Crippen LogP contribution in [0.4, 0.5) is 5.69 Å². The Morgan fingerprint density at radius 3 is 2.56 bits per heavy atom. The number of nitrogens with one attached hydrogen (secondary N) is 1. The van der Waals surface area contributed by atoms with E-state index in [1.165, 1.54) is 26.0 Å². The number of aromatic nitrogens is 1. The van der Waals surface area contributed by atoms with Gasteiger partial charge in [0.2, 0.25) is 5.52 Å². The number of aryl methyl sites for hydroxylation is 1. The number of nitrogens with zero attached hydrogens (tertiary/aromatic N) is 1. The maximum atomic E-state index is 3.34. The fourth-order valence-corrected chi connectivity index (χ4v) is 4.26. The molecule has 2 nitrogen and oxygen atoms in total. The normalized spacial score (nSPS) is 11.4. The quantitative estimate of drug-likeness (QED) is 0.262. The molecule has 0 aliphatic heterocycles. The van der Waals surface area contributed by atoms with E-state index in [-0.39, 0.29) is 24.0 Å². The fourth-order valence-electron chi connectivity index (χ4n) is 3.12. The van der Waals surface area contributed by atoms with Crippen molar-refractivity contribution in [3.05, 3.63) is 90.1 Å². The first-order valence-electron chi connectivity index (χ1n) is 8.85. The SMILES string of the molecule is CC[n+]1c(/C=C\C=C\Nc2ccc3ccccc3c2)sc2ccccc21.[I-]. The minimum atomic E-state index is 0. The molecule has 1 aromatic heterocycles. The smallest absolute Gasteiger partial charge is 0.262 e. The summed E-state index contributed by atoms with van der Waals surface area (Å²) in [4.78, 5) is 0. The van der Waals surface area contributed by atoms with Crippen LogP contribution in [0.5, 0.6) is 0 Å². The number of rotatable bonds is 5. The molecule has 1 N–H and O–H groups in total. The van der Waals surface area contributed by atoms with Gasteiger partial charge in [0.05, 0.1) is 0 Å². The number of thiazole rings is 1. The summed E-state index contributed by atoms with van der Waals surface area (Å²) in [7, 11) is 0. The number of allylic oxidation sites excluding steroid dienone is 2. The van der Waals surface area contributed by atoms with E-state index >= 15 is 0 Å². The molecule has 3 aromatic carbocycles. The zero-order valence-electron chi connectivity index (χ0n) is 15.1. The predicted octanol–water partition coefficient (Wildman–Crippen LogP) is 3.00. The summed E-state index contributed by atoms with van der Waals surface area (Å²) in [6, 6.07) is 23.4. The van der Waals surface area contributed by atoms with Crippen LogP contribution >= 0.6 is 11.3 Å². The van der Waals surface area contributed by atoms with E-state index in [0.29, 0.717) is 0 Å². The zero-order valence-corrected chi connectivity index (χ0v) is 18.1. The lowest BCUT2D eigenvalue weighted by molar-refractivity contribution is -0.665. The Labute approximate surface area is 180 Å². The minimum Gasteiger partial charge on any atom is -1.00 e. The first kappa shape index (κ1) is 19.6. The third kappa shape index (κ3) is 4.39. The predicted molar refractivity (Wildman–Crippen MR) is 113 cm³/mol. The Balaban J connectivity index is 0.00000210. The lowest BCUT2D eigenvalue weighted by Gasteiger charge is -2.02. The molecule has 0 aliphatic carbocycles. The number of fused-ring (bicyclic) bond motifs is 2. The van der Waals surface area contributed by atoms with E-state index in [1.807, 2.05) is 23.6 Å². The average molecular weight is 484 g/mol. The lowest BCUT2D eigenvalue weighted by atomic mass is 10.1. The third-order valence-electron chi connectivity index (χ3n) is 4.40. The Morgan fingerprint density at radius 1 is 0.926 bits per heavy atom. The van der Waals surface area contributed by atoms with Gasteiger partial charge in [-0.25, -0.2) is 0 Å². The zero-order chi connectivity index (χ0) is 17.8. The second-order valence-electron chi connectivity index (χ2n) is 6.08. The fraction of sp³-hybridized carbons (Fsp3) is 0.0870. The van der Waals surface area contributed by atoms with Gasteiger partial charge in [-0.1, -0.05) is 59.9 Å². The second kappa shape index (κ2) is 9.15. The lowest BCUT2D eigenvalue weighted by Crippen LogP contribution is -3.00. The van der Waals surface area contributed by atoms with Crippen molar-refractivity contribution in [2.24, 2.45) is 0 Å². The van der Waals surface area contributed by atoms with Crippen molar-refractivity contribution in [2.45, 2.75) is 13.5 Å². The van der Waals surface area contributed by atoms with Crippen molar-refractivity contribution in [2.75, 3.05) is 5.32 Å². The standard InChI is InChI=1S/C23H20N2S.HI/c1-2-25-21-11-5-6-12-22(21)26-23(25)13-7-8-16-24-20-15-14-18-9-3-4-10-19(18)17-20;/h3-17H,2H2,1H3;1H. The van der Waals surface area contributed by atoms with Gasteiger partial charge in [-0.05, 0) is 42.0 Å². The van der Waals surface area contributed by atoms with Crippen LogP contribution < -0.4 is 33.9 Å². The first-order chi connectivity index (χ1) is 12.8. The van der Waals surface area contributed by atoms with Crippen LogP contribution in [0.3, 0.4) is 0 Å². The summed E-state index contributed by atoms with van der Waals surface area (Å²) in [6.45, 7) is 3.16. The van der Waals surface area contributed by atoms with Crippen molar-refractivity contribution < 1.29 is 28.5 Å². The van der Waals surface area contributed by atoms with Crippen molar-refractivity contribution >= 4 is 44.1 Å². The Hall–Kier alpha value is -2.18. The van der Waals surface area contributed by atoms with Gasteiger partial charge in [0.25, 0.3) is 5.01 Å². The van der Waals surface area contributed by atoms with Crippen LogP contribution in [0.15, 0.2) is 85.1 Å². The van der Waals surface area contributed by atoms with Crippen molar-refractivity contribution in [1.82, 2.24) is 0 Å². The molecular weight excluding hydrogens is 463 g/mol. The van der Waals surface area contributed by atoms with Gasteiger partial charge in [0, 0.05) is 24.0 Å². The van der Waals surface area contributed by atoms with Gasteiger partial charge < -0.3 is 29.3 Å². The molecule has 1 heterocycles. The van der Waals surface area contributed by atoms with Crippen LogP contribution in [0.2, 0.25) is 0 Å². The number of benzene rings is 3. The molecule has 0 amide bonds. The van der Waals surface area contributed by atoms with Crippen LogP contribution in [0.25, 0.3) is 27.1 Å². The van der Waals surface area contributed by atoms with Crippen molar-refractivity contribution in [3.8, 4) is 0 Å². The van der Waals surface area contributed by atoms with E-state index in [2.05, 4.69) is 95.7 Å². The molecule has 27 heavy (non-hydrogen) atoms. The number of hydrogen-bond donors (Lipinski definition) is 1. The van der Waals surface area contributed by atoms with Gasteiger partial charge in [0.1, 0.15) is 11.2 Å². The van der Waals surface area contributed by atoms with Crippen LogP contribution in [-0.4, -0.2) is 0 Å². The van der Waals surface area contributed by atoms with Crippen LogP contribution in [0.1, 0.15) is 11.9 Å². The molecular formula is C23H21IN2S. The van der Waals surface area contributed by atoms with E-state index in [4.69, 9.17) is 0 Å². The molecule has 0 fully saturated rings. The topological polar surface area (TPSA) is 15.9 Å². The maximum Gasteiger partial charge on any atom is 0.262 e. The van der Waals surface area contributed by atoms with Gasteiger partial charge >= 0.3 is 0 Å². The molecule has 136 valence electrons.